The summed E-state index contributed by atoms with van der Waals surface area (Å²) in [6.07, 6.45) is 0. The maximum atomic E-state index is 5.13. The highest BCUT2D eigenvalue weighted by Crippen LogP contribution is 2.48. The van der Waals surface area contributed by atoms with E-state index in [0.29, 0.717) is 17.5 Å². The van der Waals surface area contributed by atoms with Gasteiger partial charge in [-0.25, -0.2) is 15.0 Å². The van der Waals surface area contributed by atoms with Crippen LogP contribution in [0.3, 0.4) is 0 Å². The van der Waals surface area contributed by atoms with Crippen LogP contribution in [0.4, 0.5) is 0 Å². The van der Waals surface area contributed by atoms with Crippen LogP contribution in [-0.2, 0) is 0 Å². The average molecular weight is 750 g/mol. The number of nitrogens with zero attached hydrogens (tertiary/aromatic N) is 3. The third-order valence-corrected chi connectivity index (χ3v) is 13.0. The molecule has 0 radical (unpaired) electrons. The van der Waals surface area contributed by atoms with Crippen molar-refractivity contribution in [1.29, 1.82) is 0 Å². The summed E-state index contributed by atoms with van der Waals surface area (Å²) < 4.78 is 5.11. The van der Waals surface area contributed by atoms with Crippen molar-refractivity contribution >= 4 is 63.0 Å². The number of thiophene rings is 2. The summed E-state index contributed by atoms with van der Waals surface area (Å²) in [5.74, 6) is 1.96. The van der Waals surface area contributed by atoms with Crippen molar-refractivity contribution in [1.82, 2.24) is 15.0 Å². The Morgan fingerprint density at radius 1 is 0.286 bits per heavy atom. The van der Waals surface area contributed by atoms with Gasteiger partial charge in [0.2, 0.25) is 0 Å². The van der Waals surface area contributed by atoms with Gasteiger partial charge in [-0.05, 0) is 40.5 Å². The van der Waals surface area contributed by atoms with Crippen molar-refractivity contribution in [3.05, 3.63) is 188 Å². The number of hydrogen-bond acceptors (Lipinski definition) is 5. The molecule has 0 saturated carbocycles. The lowest BCUT2D eigenvalue weighted by molar-refractivity contribution is 1.07. The zero-order valence-electron chi connectivity index (χ0n) is 30.1. The summed E-state index contributed by atoms with van der Waals surface area (Å²) in [6, 6.07) is 66.7. The molecule has 0 spiro atoms. The van der Waals surface area contributed by atoms with Crippen LogP contribution in [0, 0.1) is 0 Å². The molecule has 0 aliphatic rings. The van der Waals surface area contributed by atoms with Gasteiger partial charge in [0, 0.05) is 68.2 Å². The second kappa shape index (κ2) is 13.5. The van der Waals surface area contributed by atoms with Gasteiger partial charge in [0.05, 0.1) is 0 Å². The van der Waals surface area contributed by atoms with Crippen molar-refractivity contribution in [2.75, 3.05) is 0 Å². The van der Waals surface area contributed by atoms with Gasteiger partial charge in [-0.1, -0.05) is 170 Å². The fourth-order valence-corrected chi connectivity index (χ4v) is 10.4. The van der Waals surface area contributed by atoms with E-state index >= 15 is 0 Å². The fourth-order valence-electron chi connectivity index (χ4n) is 7.87. The molecule has 3 nitrogen and oxygen atoms in total. The molecule has 0 amide bonds. The third-order valence-electron chi connectivity index (χ3n) is 10.6. The molecule has 3 aromatic heterocycles. The summed E-state index contributed by atoms with van der Waals surface area (Å²) in [5.41, 5.74) is 10.2. The van der Waals surface area contributed by atoms with Crippen molar-refractivity contribution in [3.63, 3.8) is 0 Å². The molecule has 5 heteroatoms. The molecule has 0 N–H and O–H groups in total. The SMILES string of the molecule is c1ccc(-c2cccc(-c3nc(-c4ccccc4)nc(-c4ccc5c(c4)sc4c(-c6ccc(-c7ccccc7)c7c6sc6ccccc67)cccc45)n3)c2)cc1. The number of benzene rings is 8. The molecule has 0 atom stereocenters. The molecular weight excluding hydrogens is 719 g/mol. The minimum atomic E-state index is 0.650. The maximum Gasteiger partial charge on any atom is 0.164 e. The van der Waals surface area contributed by atoms with E-state index in [-0.39, 0.29) is 0 Å². The van der Waals surface area contributed by atoms with Gasteiger partial charge < -0.3 is 0 Å². The van der Waals surface area contributed by atoms with E-state index in [1.54, 1.807) is 0 Å². The fraction of sp³-hybridized carbons (Fsp3) is 0. The number of fused-ring (bicyclic) bond motifs is 6. The second-order valence-corrected chi connectivity index (χ2v) is 16.0. The normalized spacial score (nSPS) is 11.6. The Kier molecular flexibility index (Phi) is 7.87. The molecule has 0 saturated heterocycles. The molecular formula is C51H31N3S2. The molecule has 0 fully saturated rings. The van der Waals surface area contributed by atoms with Crippen molar-refractivity contribution < 1.29 is 0 Å². The predicted octanol–water partition coefficient (Wildman–Crippen LogP) is 14.6. The smallest absolute Gasteiger partial charge is 0.164 e. The highest BCUT2D eigenvalue weighted by Gasteiger charge is 2.19. The van der Waals surface area contributed by atoms with Crippen LogP contribution >= 0.6 is 22.7 Å². The van der Waals surface area contributed by atoms with E-state index in [0.717, 1.165) is 27.8 Å². The average Bonchev–Trinajstić information content (AvgIpc) is 3.86. The van der Waals surface area contributed by atoms with Gasteiger partial charge in [-0.15, -0.1) is 22.7 Å². The second-order valence-electron chi connectivity index (χ2n) is 13.9. The Labute approximate surface area is 331 Å². The Balaban J connectivity index is 1.07. The summed E-state index contributed by atoms with van der Waals surface area (Å²) in [6.45, 7) is 0. The van der Waals surface area contributed by atoms with Crippen LogP contribution in [0.25, 0.3) is 108 Å². The lowest BCUT2D eigenvalue weighted by Crippen LogP contribution is -2.00. The van der Waals surface area contributed by atoms with Crippen LogP contribution in [0.2, 0.25) is 0 Å². The zero-order chi connectivity index (χ0) is 37.0. The van der Waals surface area contributed by atoms with Crippen LogP contribution in [0.15, 0.2) is 188 Å². The topological polar surface area (TPSA) is 38.7 Å². The van der Waals surface area contributed by atoms with Crippen LogP contribution in [-0.4, -0.2) is 15.0 Å². The lowest BCUT2D eigenvalue weighted by atomic mass is 9.94. The number of rotatable bonds is 6. The van der Waals surface area contributed by atoms with Gasteiger partial charge in [-0.3, -0.25) is 0 Å². The summed E-state index contributed by atoms with van der Waals surface area (Å²) in [7, 11) is 0. The van der Waals surface area contributed by atoms with E-state index in [2.05, 4.69) is 164 Å². The Bertz CT molecular complexity index is 3240. The van der Waals surface area contributed by atoms with Crippen LogP contribution in [0.5, 0.6) is 0 Å². The third kappa shape index (κ3) is 5.60. The van der Waals surface area contributed by atoms with E-state index in [1.165, 1.54) is 62.6 Å². The number of aromatic nitrogens is 3. The standard InChI is InChI=1S/C51H31N3S2/c1-4-14-32(15-5-1)35-20-12-21-36(30-35)50-52-49(34-18-8-3-9-19-34)53-51(54-50)37-26-27-39-40-23-13-24-41(47(40)56-45(39)31-37)42-29-28-38(33-16-6-2-7-17-33)46-43-22-10-11-25-44(43)55-48(42)46/h1-31H. The monoisotopic (exact) mass is 749 g/mol. The highest BCUT2D eigenvalue weighted by atomic mass is 32.1. The summed E-state index contributed by atoms with van der Waals surface area (Å²) in [5, 5.41) is 5.12. The van der Waals surface area contributed by atoms with Crippen LogP contribution in [0.1, 0.15) is 0 Å². The van der Waals surface area contributed by atoms with Gasteiger partial charge in [0.25, 0.3) is 0 Å². The predicted molar refractivity (Wildman–Crippen MR) is 238 cm³/mol. The van der Waals surface area contributed by atoms with Gasteiger partial charge in [0.15, 0.2) is 17.5 Å². The molecule has 11 rings (SSSR count). The molecule has 0 unspecified atom stereocenters. The highest BCUT2D eigenvalue weighted by molar-refractivity contribution is 7.27. The van der Waals surface area contributed by atoms with E-state index in [4.69, 9.17) is 15.0 Å². The lowest BCUT2D eigenvalue weighted by Gasteiger charge is -2.10. The van der Waals surface area contributed by atoms with Crippen LogP contribution < -0.4 is 0 Å². The quantitative estimate of drug-likeness (QED) is 0.170. The van der Waals surface area contributed by atoms with Gasteiger partial charge >= 0.3 is 0 Å². The van der Waals surface area contributed by atoms with Gasteiger partial charge in [0.1, 0.15) is 0 Å². The van der Waals surface area contributed by atoms with Crippen molar-refractivity contribution in [2.45, 2.75) is 0 Å². The molecule has 0 aliphatic carbocycles. The van der Waals surface area contributed by atoms with Crippen molar-refractivity contribution in [2.24, 2.45) is 0 Å². The molecule has 0 aliphatic heterocycles. The Morgan fingerprint density at radius 3 is 1.59 bits per heavy atom. The number of hydrogen-bond donors (Lipinski definition) is 0. The zero-order valence-corrected chi connectivity index (χ0v) is 31.7. The first kappa shape index (κ1) is 32.6. The molecule has 262 valence electrons. The first-order valence-corrected chi connectivity index (χ1v) is 20.3. The minimum Gasteiger partial charge on any atom is -0.208 e. The van der Waals surface area contributed by atoms with E-state index in [1.807, 2.05) is 46.9 Å². The van der Waals surface area contributed by atoms with E-state index in [9.17, 15) is 0 Å². The molecule has 3 heterocycles. The Hall–Kier alpha value is -6.79. The molecule has 0 bridgehead atoms. The first-order chi connectivity index (χ1) is 27.7. The largest absolute Gasteiger partial charge is 0.208 e. The van der Waals surface area contributed by atoms with E-state index < -0.39 is 0 Å². The van der Waals surface area contributed by atoms with Crippen molar-refractivity contribution in [3.8, 4) is 67.5 Å². The molecule has 8 aromatic carbocycles. The van der Waals surface area contributed by atoms with Gasteiger partial charge in [-0.2, -0.15) is 0 Å². The summed E-state index contributed by atoms with van der Waals surface area (Å²) in [4.78, 5) is 15.2. The maximum absolute atomic E-state index is 5.13. The molecule has 11 aromatic rings. The molecule has 56 heavy (non-hydrogen) atoms. The minimum absolute atomic E-state index is 0.650. The summed E-state index contributed by atoms with van der Waals surface area (Å²) >= 11 is 3.73. The first-order valence-electron chi connectivity index (χ1n) is 18.7. The Morgan fingerprint density at radius 2 is 0.821 bits per heavy atom.